The number of carbonyl (C=O) groups excluding carboxylic acids is 2. The highest BCUT2D eigenvalue weighted by Crippen LogP contribution is 2.32. The number of rotatable bonds is 6. The first-order chi connectivity index (χ1) is 9.66. The number of halogens is 1. The second-order valence-corrected chi connectivity index (χ2v) is 5.70. The molecule has 1 amide bonds. The third-order valence-corrected chi connectivity index (χ3v) is 2.99. The van der Waals surface area contributed by atoms with Gasteiger partial charge in [-0.15, -0.1) is 0 Å². The van der Waals surface area contributed by atoms with E-state index in [-0.39, 0.29) is 23.6 Å². The Morgan fingerprint density at radius 1 is 1.38 bits per heavy atom. The summed E-state index contributed by atoms with van der Waals surface area (Å²) < 4.78 is 4.99. The molecule has 0 radical (unpaired) electrons. The zero-order valence-electron chi connectivity index (χ0n) is 12.3. The van der Waals surface area contributed by atoms with Crippen molar-refractivity contribution in [3.63, 3.8) is 0 Å². The minimum Gasteiger partial charge on any atom is -0.462 e. The number of nitrogens with one attached hydrogen (secondary N) is 1. The van der Waals surface area contributed by atoms with Crippen molar-refractivity contribution in [2.24, 2.45) is 5.73 Å². The summed E-state index contributed by atoms with van der Waals surface area (Å²) in [5, 5.41) is 3.34. The molecule has 0 aliphatic heterocycles. The number of nitrogens with two attached hydrogens (primary N) is 2. The second-order valence-electron chi connectivity index (χ2n) is 5.30. The lowest BCUT2D eigenvalue weighted by Gasteiger charge is -2.28. The van der Waals surface area contributed by atoms with Crippen molar-refractivity contribution in [2.45, 2.75) is 32.7 Å². The quantitative estimate of drug-likeness (QED) is 0.551. The first-order valence-electron chi connectivity index (χ1n) is 6.49. The van der Waals surface area contributed by atoms with Crippen molar-refractivity contribution in [1.29, 1.82) is 0 Å². The maximum Gasteiger partial charge on any atom is 0.340 e. The van der Waals surface area contributed by atoms with Gasteiger partial charge in [0.2, 0.25) is 5.91 Å². The number of primary amides is 1. The second kappa shape index (κ2) is 6.67. The fraction of sp³-hybridized carbons (Fsp3) is 0.429. The summed E-state index contributed by atoms with van der Waals surface area (Å²) in [6.45, 7) is 5.49. The molecule has 0 saturated carbocycles. The summed E-state index contributed by atoms with van der Waals surface area (Å²) in [5.74, 6) is -0.999. The Labute approximate surface area is 128 Å². The van der Waals surface area contributed by atoms with E-state index in [9.17, 15) is 9.59 Å². The predicted molar refractivity (Wildman–Crippen MR) is 83.3 cm³/mol. The molecule has 0 aromatic heterocycles. The molecule has 0 bridgehead atoms. The van der Waals surface area contributed by atoms with Crippen LogP contribution in [0.1, 0.15) is 37.6 Å². The number of anilines is 2. The Kier molecular flexibility index (Phi) is 5.43. The van der Waals surface area contributed by atoms with Crippen molar-refractivity contribution in [2.75, 3.05) is 17.7 Å². The molecule has 1 rings (SSSR count). The summed E-state index contributed by atoms with van der Waals surface area (Å²) in [5.41, 5.74) is 11.2. The van der Waals surface area contributed by atoms with Crippen LogP contribution in [0.15, 0.2) is 12.1 Å². The smallest absolute Gasteiger partial charge is 0.340 e. The van der Waals surface area contributed by atoms with Gasteiger partial charge in [0.15, 0.2) is 0 Å². The van der Waals surface area contributed by atoms with E-state index >= 15 is 0 Å². The van der Waals surface area contributed by atoms with E-state index in [0.29, 0.717) is 11.4 Å². The number of ether oxygens (including phenoxy) is 1. The SMILES string of the molecule is CCOC(=O)c1cc(N)cc(Cl)c1NC(C)(C)CC(N)=O. The van der Waals surface area contributed by atoms with Gasteiger partial charge < -0.3 is 21.5 Å². The number of nitrogen functional groups attached to an aromatic ring is 1. The zero-order valence-corrected chi connectivity index (χ0v) is 13.1. The summed E-state index contributed by atoms with van der Waals surface area (Å²) in [7, 11) is 0. The summed E-state index contributed by atoms with van der Waals surface area (Å²) >= 11 is 6.16. The van der Waals surface area contributed by atoms with Crippen molar-refractivity contribution in [1.82, 2.24) is 0 Å². The topological polar surface area (TPSA) is 107 Å². The van der Waals surface area contributed by atoms with Crippen molar-refractivity contribution in [3.05, 3.63) is 22.7 Å². The van der Waals surface area contributed by atoms with Crippen LogP contribution in [-0.2, 0) is 9.53 Å². The van der Waals surface area contributed by atoms with Crippen LogP contribution in [0.5, 0.6) is 0 Å². The third-order valence-electron chi connectivity index (χ3n) is 2.69. The van der Waals surface area contributed by atoms with E-state index < -0.39 is 17.4 Å². The van der Waals surface area contributed by atoms with Crippen LogP contribution in [0.3, 0.4) is 0 Å². The molecule has 0 spiro atoms. The Hall–Kier alpha value is -1.95. The van der Waals surface area contributed by atoms with Crippen LogP contribution in [0.2, 0.25) is 5.02 Å². The lowest BCUT2D eigenvalue weighted by Crippen LogP contribution is -2.36. The molecule has 0 unspecified atom stereocenters. The van der Waals surface area contributed by atoms with E-state index in [1.807, 2.05) is 0 Å². The van der Waals surface area contributed by atoms with Crippen LogP contribution >= 0.6 is 11.6 Å². The monoisotopic (exact) mass is 313 g/mol. The molecular weight excluding hydrogens is 294 g/mol. The first-order valence-corrected chi connectivity index (χ1v) is 6.86. The number of hydrogen-bond acceptors (Lipinski definition) is 5. The van der Waals surface area contributed by atoms with Gasteiger partial charge in [0.25, 0.3) is 0 Å². The highest BCUT2D eigenvalue weighted by molar-refractivity contribution is 6.34. The van der Waals surface area contributed by atoms with Crippen LogP contribution in [0.25, 0.3) is 0 Å². The largest absolute Gasteiger partial charge is 0.462 e. The molecule has 0 aliphatic carbocycles. The molecule has 21 heavy (non-hydrogen) atoms. The number of hydrogen-bond donors (Lipinski definition) is 3. The number of amides is 1. The molecule has 5 N–H and O–H groups in total. The van der Waals surface area contributed by atoms with Crippen LogP contribution in [0, 0.1) is 0 Å². The summed E-state index contributed by atoms with van der Waals surface area (Å²) in [6.07, 6.45) is 0.0793. The van der Waals surface area contributed by atoms with Crippen molar-refractivity contribution < 1.29 is 14.3 Å². The highest BCUT2D eigenvalue weighted by Gasteiger charge is 2.25. The summed E-state index contributed by atoms with van der Waals surface area (Å²) in [4.78, 5) is 23.1. The van der Waals surface area contributed by atoms with Crippen molar-refractivity contribution in [3.8, 4) is 0 Å². The van der Waals surface area contributed by atoms with E-state index in [1.54, 1.807) is 20.8 Å². The van der Waals surface area contributed by atoms with E-state index in [1.165, 1.54) is 12.1 Å². The molecular formula is C14H20ClN3O3. The standard InChI is InChI=1S/C14H20ClN3O3/c1-4-21-13(20)9-5-8(16)6-10(15)12(9)18-14(2,3)7-11(17)19/h5-6,18H,4,7,16H2,1-3H3,(H2,17,19). The Morgan fingerprint density at radius 2 is 2.00 bits per heavy atom. The molecule has 1 aromatic carbocycles. The van der Waals surface area contributed by atoms with E-state index in [2.05, 4.69) is 5.32 Å². The number of benzene rings is 1. The molecule has 0 aliphatic rings. The molecule has 116 valence electrons. The normalized spacial score (nSPS) is 11.0. The molecule has 0 fully saturated rings. The molecule has 6 nitrogen and oxygen atoms in total. The van der Waals surface area contributed by atoms with Crippen LogP contribution in [0.4, 0.5) is 11.4 Å². The minimum absolute atomic E-state index is 0.0793. The van der Waals surface area contributed by atoms with Crippen LogP contribution < -0.4 is 16.8 Å². The molecule has 7 heteroatoms. The summed E-state index contributed by atoms with van der Waals surface area (Å²) in [6, 6.07) is 3.00. The maximum absolute atomic E-state index is 12.0. The molecule has 1 aromatic rings. The average molecular weight is 314 g/mol. The van der Waals surface area contributed by atoms with E-state index in [0.717, 1.165) is 0 Å². The van der Waals surface area contributed by atoms with Gasteiger partial charge in [-0.05, 0) is 32.9 Å². The molecule has 0 atom stereocenters. The molecule has 0 heterocycles. The first kappa shape index (κ1) is 17.1. The average Bonchev–Trinajstić information content (AvgIpc) is 2.30. The minimum atomic E-state index is -0.674. The Bertz CT molecular complexity index is 559. The van der Waals surface area contributed by atoms with E-state index in [4.69, 9.17) is 27.8 Å². The zero-order chi connectivity index (χ0) is 16.2. The van der Waals surface area contributed by atoms with Crippen LogP contribution in [-0.4, -0.2) is 24.0 Å². The van der Waals surface area contributed by atoms with Gasteiger partial charge >= 0.3 is 5.97 Å². The van der Waals surface area contributed by atoms with Gasteiger partial charge in [0, 0.05) is 17.6 Å². The van der Waals surface area contributed by atoms with Crippen molar-refractivity contribution >= 4 is 34.9 Å². The number of carbonyl (C=O) groups is 2. The van der Waals surface area contributed by atoms with Gasteiger partial charge in [-0.1, -0.05) is 11.6 Å². The van der Waals surface area contributed by atoms with Gasteiger partial charge in [-0.2, -0.15) is 0 Å². The molecule has 0 saturated heterocycles. The van der Waals surface area contributed by atoms with Gasteiger partial charge in [0.05, 0.1) is 22.9 Å². The Morgan fingerprint density at radius 3 is 2.52 bits per heavy atom. The Balaban J connectivity index is 3.21. The fourth-order valence-electron chi connectivity index (χ4n) is 1.94. The van der Waals surface area contributed by atoms with Gasteiger partial charge in [-0.3, -0.25) is 4.79 Å². The number of esters is 1. The van der Waals surface area contributed by atoms with Gasteiger partial charge in [0.1, 0.15) is 0 Å². The third kappa shape index (κ3) is 4.82. The predicted octanol–water partition coefficient (Wildman–Crippen LogP) is 2.16. The fourth-order valence-corrected chi connectivity index (χ4v) is 2.22. The lowest BCUT2D eigenvalue weighted by atomic mass is 9.98. The highest BCUT2D eigenvalue weighted by atomic mass is 35.5. The maximum atomic E-state index is 12.0. The van der Waals surface area contributed by atoms with Gasteiger partial charge in [-0.25, -0.2) is 4.79 Å². The lowest BCUT2D eigenvalue weighted by molar-refractivity contribution is -0.118.